The zero-order valence-electron chi connectivity index (χ0n) is 10.2. The normalized spacial score (nSPS) is 12.4. The van der Waals surface area contributed by atoms with E-state index in [-0.39, 0.29) is 6.04 Å². The first-order valence-electron chi connectivity index (χ1n) is 5.99. The highest BCUT2D eigenvalue weighted by Gasteiger charge is 2.10. The van der Waals surface area contributed by atoms with Gasteiger partial charge in [-0.25, -0.2) is 8.78 Å². The minimum absolute atomic E-state index is 0.0627. The lowest BCUT2D eigenvalue weighted by molar-refractivity contribution is 0.536. The van der Waals surface area contributed by atoms with E-state index in [0.29, 0.717) is 18.0 Å². The average Bonchev–Trinajstić information content (AvgIpc) is 2.43. The zero-order chi connectivity index (χ0) is 13.7. The Bertz CT molecular complexity index is 531. The third-order valence-corrected chi connectivity index (χ3v) is 3.22. The van der Waals surface area contributed by atoms with Gasteiger partial charge in [0.05, 0.1) is 0 Å². The Morgan fingerprint density at radius 2 is 1.79 bits per heavy atom. The molecule has 0 spiro atoms. The van der Waals surface area contributed by atoms with E-state index >= 15 is 0 Å². The average molecular weight is 282 g/mol. The van der Waals surface area contributed by atoms with Crippen LogP contribution in [0.4, 0.5) is 8.78 Å². The van der Waals surface area contributed by atoms with Gasteiger partial charge in [-0.2, -0.15) is 0 Å². The second-order valence-electron chi connectivity index (χ2n) is 4.23. The molecule has 2 aromatic rings. The monoisotopic (exact) mass is 281 g/mol. The van der Waals surface area contributed by atoms with Gasteiger partial charge in [-0.05, 0) is 11.6 Å². The van der Waals surface area contributed by atoms with Crippen molar-refractivity contribution in [2.45, 2.75) is 12.6 Å². The summed E-state index contributed by atoms with van der Waals surface area (Å²) >= 11 is 5.92. The molecule has 0 aromatic heterocycles. The Balaban J connectivity index is 2.04. The molecule has 1 N–H and O–H groups in total. The molecule has 1 atom stereocenters. The maximum atomic E-state index is 13.5. The largest absolute Gasteiger partial charge is 0.305 e. The maximum absolute atomic E-state index is 13.5. The number of nitrogens with one attached hydrogen (secondary N) is 1. The number of hydrogen-bond donors (Lipinski definition) is 1. The highest BCUT2D eigenvalue weighted by Crippen LogP contribution is 2.16. The lowest BCUT2D eigenvalue weighted by atomic mass is 10.1. The third-order valence-electron chi connectivity index (χ3n) is 2.91. The summed E-state index contributed by atoms with van der Waals surface area (Å²) in [6, 6.07) is 13.2. The van der Waals surface area contributed by atoms with Crippen LogP contribution >= 0.6 is 11.6 Å². The van der Waals surface area contributed by atoms with Crippen LogP contribution in [0.3, 0.4) is 0 Å². The summed E-state index contributed by atoms with van der Waals surface area (Å²) in [5.41, 5.74) is 1.47. The molecule has 4 heteroatoms. The standard InChI is InChI=1S/C15H14ClF2N/c16-9-15(11-4-2-1-3-5-11)19-10-12-6-7-13(17)8-14(12)18/h1-8,15,19H,9-10H2. The lowest BCUT2D eigenvalue weighted by Gasteiger charge is -2.16. The number of hydrogen-bond acceptors (Lipinski definition) is 1. The van der Waals surface area contributed by atoms with Crippen LogP contribution in [0.1, 0.15) is 17.2 Å². The molecule has 0 amide bonds. The van der Waals surface area contributed by atoms with Gasteiger partial charge in [-0.3, -0.25) is 0 Å². The summed E-state index contributed by atoms with van der Waals surface area (Å²) in [6.07, 6.45) is 0. The molecule has 0 saturated heterocycles. The van der Waals surface area contributed by atoms with E-state index in [1.807, 2.05) is 30.3 Å². The van der Waals surface area contributed by atoms with Crippen LogP contribution in [0.2, 0.25) is 0 Å². The maximum Gasteiger partial charge on any atom is 0.130 e. The van der Waals surface area contributed by atoms with Gasteiger partial charge in [-0.1, -0.05) is 36.4 Å². The smallest absolute Gasteiger partial charge is 0.130 e. The van der Waals surface area contributed by atoms with E-state index in [4.69, 9.17) is 11.6 Å². The molecule has 0 aliphatic rings. The van der Waals surface area contributed by atoms with Crippen LogP contribution < -0.4 is 5.32 Å². The number of alkyl halides is 1. The van der Waals surface area contributed by atoms with Gasteiger partial charge in [-0.15, -0.1) is 11.6 Å². The van der Waals surface area contributed by atoms with E-state index < -0.39 is 11.6 Å². The molecule has 1 unspecified atom stereocenters. The second kappa shape index (κ2) is 6.64. The number of rotatable bonds is 5. The first kappa shape index (κ1) is 14.0. The minimum atomic E-state index is -0.571. The molecule has 1 nitrogen and oxygen atoms in total. The molecule has 0 aliphatic carbocycles. The van der Waals surface area contributed by atoms with Gasteiger partial charge in [0.25, 0.3) is 0 Å². The first-order chi connectivity index (χ1) is 9.20. The Morgan fingerprint density at radius 3 is 2.42 bits per heavy atom. The first-order valence-corrected chi connectivity index (χ1v) is 6.52. The van der Waals surface area contributed by atoms with Crippen LogP contribution in [-0.2, 0) is 6.54 Å². The van der Waals surface area contributed by atoms with Crippen molar-refractivity contribution in [2.24, 2.45) is 0 Å². The lowest BCUT2D eigenvalue weighted by Crippen LogP contribution is -2.22. The van der Waals surface area contributed by atoms with Gasteiger partial charge in [0.1, 0.15) is 11.6 Å². The molecular weight excluding hydrogens is 268 g/mol. The van der Waals surface area contributed by atoms with Crippen molar-refractivity contribution in [3.8, 4) is 0 Å². The molecular formula is C15H14ClF2N. The van der Waals surface area contributed by atoms with Crippen molar-refractivity contribution in [3.05, 3.63) is 71.3 Å². The fraction of sp³-hybridized carbons (Fsp3) is 0.200. The predicted octanol–water partition coefficient (Wildman–Crippen LogP) is 4.03. The minimum Gasteiger partial charge on any atom is -0.305 e. The zero-order valence-corrected chi connectivity index (χ0v) is 11.0. The molecule has 0 heterocycles. The van der Waals surface area contributed by atoms with E-state index in [1.54, 1.807) is 0 Å². The fourth-order valence-electron chi connectivity index (χ4n) is 1.85. The Kier molecular flexibility index (Phi) is 4.88. The van der Waals surface area contributed by atoms with Gasteiger partial charge in [0.15, 0.2) is 0 Å². The summed E-state index contributed by atoms with van der Waals surface area (Å²) in [7, 11) is 0. The van der Waals surface area contributed by atoms with Crippen LogP contribution in [0.15, 0.2) is 48.5 Å². The predicted molar refractivity (Wildman–Crippen MR) is 73.1 cm³/mol. The molecule has 0 bridgehead atoms. The molecule has 100 valence electrons. The molecule has 0 aliphatic heterocycles. The fourth-order valence-corrected chi connectivity index (χ4v) is 2.13. The van der Waals surface area contributed by atoms with Crippen molar-refractivity contribution in [3.63, 3.8) is 0 Å². The summed E-state index contributed by atoms with van der Waals surface area (Å²) in [4.78, 5) is 0. The van der Waals surface area contributed by atoms with Crippen molar-refractivity contribution >= 4 is 11.6 Å². The Morgan fingerprint density at radius 1 is 1.05 bits per heavy atom. The van der Waals surface area contributed by atoms with Crippen molar-refractivity contribution in [1.29, 1.82) is 0 Å². The summed E-state index contributed by atoms with van der Waals surface area (Å²) < 4.78 is 26.3. The summed E-state index contributed by atoms with van der Waals surface area (Å²) in [6.45, 7) is 0.304. The van der Waals surface area contributed by atoms with Crippen LogP contribution in [0.25, 0.3) is 0 Å². The van der Waals surface area contributed by atoms with E-state index in [2.05, 4.69) is 5.32 Å². The highest BCUT2D eigenvalue weighted by molar-refractivity contribution is 6.18. The SMILES string of the molecule is Fc1ccc(CNC(CCl)c2ccccc2)c(F)c1. The summed E-state index contributed by atoms with van der Waals surface area (Å²) in [5.74, 6) is -0.737. The molecule has 0 radical (unpaired) electrons. The van der Waals surface area contributed by atoms with Crippen molar-refractivity contribution in [2.75, 3.05) is 5.88 Å². The van der Waals surface area contributed by atoms with Gasteiger partial charge in [0, 0.05) is 30.1 Å². The summed E-state index contributed by atoms with van der Waals surface area (Å²) in [5, 5.41) is 3.17. The second-order valence-corrected chi connectivity index (χ2v) is 4.54. The highest BCUT2D eigenvalue weighted by atomic mass is 35.5. The van der Waals surface area contributed by atoms with E-state index in [9.17, 15) is 8.78 Å². The van der Waals surface area contributed by atoms with Gasteiger partial charge < -0.3 is 5.32 Å². The Labute approximate surface area is 116 Å². The molecule has 0 saturated carbocycles. The van der Waals surface area contributed by atoms with E-state index in [0.717, 1.165) is 11.6 Å². The number of halogens is 3. The van der Waals surface area contributed by atoms with Crippen LogP contribution in [0.5, 0.6) is 0 Å². The molecule has 0 fully saturated rings. The van der Waals surface area contributed by atoms with E-state index in [1.165, 1.54) is 12.1 Å². The molecule has 2 rings (SSSR count). The van der Waals surface area contributed by atoms with Crippen LogP contribution in [-0.4, -0.2) is 5.88 Å². The van der Waals surface area contributed by atoms with Crippen molar-refractivity contribution in [1.82, 2.24) is 5.32 Å². The molecule has 19 heavy (non-hydrogen) atoms. The van der Waals surface area contributed by atoms with Crippen molar-refractivity contribution < 1.29 is 8.78 Å². The number of benzene rings is 2. The Hall–Kier alpha value is -1.45. The van der Waals surface area contributed by atoms with Crippen LogP contribution in [0, 0.1) is 11.6 Å². The quantitative estimate of drug-likeness (QED) is 0.816. The van der Waals surface area contributed by atoms with Gasteiger partial charge >= 0.3 is 0 Å². The van der Waals surface area contributed by atoms with Gasteiger partial charge in [0.2, 0.25) is 0 Å². The molecule has 2 aromatic carbocycles. The third kappa shape index (κ3) is 3.75. The topological polar surface area (TPSA) is 12.0 Å².